The summed E-state index contributed by atoms with van der Waals surface area (Å²) in [6.45, 7) is 0. The van der Waals surface area contributed by atoms with E-state index in [0.29, 0.717) is 0 Å². The fourth-order valence-corrected chi connectivity index (χ4v) is 2.60. The standard InChI is InChI=1S/C15H14O2/c16-14-11-13(12-7-3-1-4-8-12)15(17-14)9-5-2-6-10-15/h1,3-5,7-9,11H,2,6,10H2. The Morgan fingerprint density at radius 1 is 1.18 bits per heavy atom. The van der Waals surface area contributed by atoms with Crippen LogP contribution >= 0.6 is 0 Å². The van der Waals surface area contributed by atoms with E-state index >= 15 is 0 Å². The third-order valence-corrected chi connectivity index (χ3v) is 3.39. The highest BCUT2D eigenvalue weighted by Crippen LogP contribution is 2.42. The zero-order valence-electron chi connectivity index (χ0n) is 9.56. The lowest BCUT2D eigenvalue weighted by Crippen LogP contribution is -2.30. The Morgan fingerprint density at radius 2 is 2.00 bits per heavy atom. The average Bonchev–Trinajstić information content (AvgIpc) is 2.68. The highest BCUT2D eigenvalue weighted by atomic mass is 16.6. The molecule has 86 valence electrons. The van der Waals surface area contributed by atoms with E-state index in [-0.39, 0.29) is 5.97 Å². The molecule has 0 saturated heterocycles. The van der Waals surface area contributed by atoms with E-state index in [2.05, 4.69) is 6.08 Å². The van der Waals surface area contributed by atoms with E-state index in [4.69, 9.17) is 4.74 Å². The number of allylic oxidation sites excluding steroid dienone is 1. The van der Waals surface area contributed by atoms with Crippen molar-refractivity contribution in [3.05, 3.63) is 54.1 Å². The summed E-state index contributed by atoms with van der Waals surface area (Å²) < 4.78 is 5.54. The van der Waals surface area contributed by atoms with Gasteiger partial charge in [-0.3, -0.25) is 0 Å². The van der Waals surface area contributed by atoms with Gasteiger partial charge in [-0.05, 0) is 30.9 Å². The van der Waals surface area contributed by atoms with Crippen molar-refractivity contribution < 1.29 is 9.53 Å². The van der Waals surface area contributed by atoms with Crippen molar-refractivity contribution in [2.24, 2.45) is 0 Å². The van der Waals surface area contributed by atoms with Crippen molar-refractivity contribution >= 4 is 11.5 Å². The van der Waals surface area contributed by atoms with Crippen LogP contribution in [0.4, 0.5) is 0 Å². The van der Waals surface area contributed by atoms with Gasteiger partial charge >= 0.3 is 5.97 Å². The van der Waals surface area contributed by atoms with Gasteiger partial charge in [0.2, 0.25) is 0 Å². The molecule has 1 aliphatic carbocycles. The highest BCUT2D eigenvalue weighted by molar-refractivity contribution is 5.99. The number of esters is 1. The molecule has 1 aromatic carbocycles. The number of carbonyl (C=O) groups is 1. The normalized spacial score (nSPS) is 27.1. The summed E-state index contributed by atoms with van der Waals surface area (Å²) in [5, 5.41) is 0. The molecular formula is C15H14O2. The first-order valence-electron chi connectivity index (χ1n) is 5.98. The quantitative estimate of drug-likeness (QED) is 0.543. The summed E-state index contributed by atoms with van der Waals surface area (Å²) >= 11 is 0. The number of carbonyl (C=O) groups excluding carboxylic acids is 1. The van der Waals surface area contributed by atoms with E-state index in [1.165, 1.54) is 0 Å². The van der Waals surface area contributed by atoms with Gasteiger partial charge in [-0.2, -0.15) is 0 Å². The molecule has 1 aliphatic heterocycles. The molecule has 1 heterocycles. The summed E-state index contributed by atoms with van der Waals surface area (Å²) in [5.41, 5.74) is 1.57. The fourth-order valence-electron chi connectivity index (χ4n) is 2.60. The van der Waals surface area contributed by atoms with Gasteiger partial charge in [-0.1, -0.05) is 36.4 Å². The summed E-state index contributed by atoms with van der Waals surface area (Å²) in [4.78, 5) is 11.6. The molecular weight excluding hydrogens is 212 g/mol. The fraction of sp³-hybridized carbons (Fsp3) is 0.267. The molecule has 2 heteroatoms. The van der Waals surface area contributed by atoms with E-state index < -0.39 is 5.60 Å². The van der Waals surface area contributed by atoms with Crippen LogP contribution in [0.3, 0.4) is 0 Å². The van der Waals surface area contributed by atoms with Crippen molar-refractivity contribution in [2.45, 2.75) is 24.9 Å². The number of benzene rings is 1. The molecule has 0 amide bonds. The second kappa shape index (κ2) is 3.88. The summed E-state index contributed by atoms with van der Waals surface area (Å²) in [6, 6.07) is 10.00. The molecule has 3 rings (SSSR count). The van der Waals surface area contributed by atoms with E-state index in [1.807, 2.05) is 36.4 Å². The first-order chi connectivity index (χ1) is 8.30. The van der Waals surface area contributed by atoms with Crippen molar-refractivity contribution in [3.63, 3.8) is 0 Å². The van der Waals surface area contributed by atoms with Gasteiger partial charge < -0.3 is 4.74 Å². The van der Waals surface area contributed by atoms with Crippen molar-refractivity contribution in [1.29, 1.82) is 0 Å². The van der Waals surface area contributed by atoms with Crippen molar-refractivity contribution in [1.82, 2.24) is 0 Å². The molecule has 1 atom stereocenters. The van der Waals surface area contributed by atoms with E-state index in [0.717, 1.165) is 30.4 Å². The third-order valence-electron chi connectivity index (χ3n) is 3.39. The van der Waals surface area contributed by atoms with Gasteiger partial charge in [0, 0.05) is 11.6 Å². The second-order valence-electron chi connectivity index (χ2n) is 4.53. The van der Waals surface area contributed by atoms with Crippen LogP contribution in [0.25, 0.3) is 5.57 Å². The van der Waals surface area contributed by atoms with Crippen molar-refractivity contribution in [3.8, 4) is 0 Å². The second-order valence-corrected chi connectivity index (χ2v) is 4.53. The maximum Gasteiger partial charge on any atom is 0.332 e. The van der Waals surface area contributed by atoms with Gasteiger partial charge in [0.25, 0.3) is 0 Å². The smallest absolute Gasteiger partial charge is 0.332 e. The third kappa shape index (κ3) is 1.70. The Balaban J connectivity index is 2.07. The van der Waals surface area contributed by atoms with E-state index in [9.17, 15) is 4.79 Å². The SMILES string of the molecule is O=C1C=C(c2ccccc2)C2(C=CCCC2)O1. The zero-order valence-corrected chi connectivity index (χ0v) is 9.56. The average molecular weight is 226 g/mol. The maximum absolute atomic E-state index is 11.6. The van der Waals surface area contributed by atoms with Crippen LogP contribution in [0.2, 0.25) is 0 Å². The van der Waals surface area contributed by atoms with Crippen LogP contribution in [0.15, 0.2) is 48.6 Å². The highest BCUT2D eigenvalue weighted by Gasteiger charge is 2.41. The number of hydrogen-bond acceptors (Lipinski definition) is 2. The molecule has 17 heavy (non-hydrogen) atoms. The lowest BCUT2D eigenvalue weighted by atomic mass is 9.82. The Kier molecular flexibility index (Phi) is 2.36. The molecule has 0 saturated carbocycles. The Hall–Kier alpha value is -1.83. The molecule has 1 spiro atoms. The lowest BCUT2D eigenvalue weighted by Gasteiger charge is -2.30. The Morgan fingerprint density at radius 3 is 2.71 bits per heavy atom. The van der Waals surface area contributed by atoms with Crippen molar-refractivity contribution in [2.75, 3.05) is 0 Å². The lowest BCUT2D eigenvalue weighted by molar-refractivity contribution is -0.142. The minimum atomic E-state index is -0.503. The predicted molar refractivity (Wildman–Crippen MR) is 66.2 cm³/mol. The minimum absolute atomic E-state index is 0.226. The molecule has 1 unspecified atom stereocenters. The minimum Gasteiger partial charge on any atom is -0.447 e. The van der Waals surface area contributed by atoms with Gasteiger partial charge in [-0.25, -0.2) is 4.79 Å². The van der Waals surface area contributed by atoms with Crippen LogP contribution in [-0.2, 0) is 9.53 Å². The monoisotopic (exact) mass is 226 g/mol. The van der Waals surface area contributed by atoms with Crippen LogP contribution in [-0.4, -0.2) is 11.6 Å². The zero-order chi connectivity index (χ0) is 11.7. The molecule has 1 aromatic rings. The molecule has 0 bridgehead atoms. The van der Waals surface area contributed by atoms with Crippen LogP contribution in [0, 0.1) is 0 Å². The molecule has 2 aliphatic rings. The van der Waals surface area contributed by atoms with Gasteiger partial charge in [0.05, 0.1) is 0 Å². The van der Waals surface area contributed by atoms with E-state index in [1.54, 1.807) is 6.08 Å². The molecule has 0 aromatic heterocycles. The van der Waals surface area contributed by atoms with Crippen LogP contribution < -0.4 is 0 Å². The topological polar surface area (TPSA) is 26.3 Å². The Bertz CT molecular complexity index is 499. The molecule has 2 nitrogen and oxygen atoms in total. The molecule has 0 fully saturated rings. The van der Waals surface area contributed by atoms with Gasteiger partial charge in [0.15, 0.2) is 5.60 Å². The largest absolute Gasteiger partial charge is 0.447 e. The van der Waals surface area contributed by atoms with Crippen LogP contribution in [0.5, 0.6) is 0 Å². The molecule has 0 radical (unpaired) electrons. The summed E-state index contributed by atoms with van der Waals surface area (Å²) in [6.07, 6.45) is 8.80. The van der Waals surface area contributed by atoms with Crippen LogP contribution in [0.1, 0.15) is 24.8 Å². The number of ether oxygens (including phenoxy) is 1. The number of hydrogen-bond donors (Lipinski definition) is 0. The summed E-state index contributed by atoms with van der Waals surface area (Å²) in [7, 11) is 0. The number of rotatable bonds is 1. The maximum atomic E-state index is 11.6. The predicted octanol–water partition coefficient (Wildman–Crippen LogP) is 3.11. The first-order valence-corrected chi connectivity index (χ1v) is 5.98. The van der Waals surface area contributed by atoms with Gasteiger partial charge in [0.1, 0.15) is 0 Å². The van der Waals surface area contributed by atoms with Gasteiger partial charge in [-0.15, -0.1) is 0 Å². The molecule has 0 N–H and O–H groups in total. The summed E-state index contributed by atoms with van der Waals surface area (Å²) in [5.74, 6) is -0.226. The Labute approximate surface area is 101 Å². The first kappa shape index (κ1) is 10.3.